The maximum Gasteiger partial charge on any atom is 0.141 e. The molecule has 0 unspecified atom stereocenters. The minimum atomic E-state index is 0.205. The Morgan fingerprint density at radius 2 is 1.81 bits per heavy atom. The molecule has 0 spiro atoms. The second-order valence-electron chi connectivity index (χ2n) is 4.93. The van der Waals surface area contributed by atoms with E-state index in [9.17, 15) is 5.11 Å². The summed E-state index contributed by atoms with van der Waals surface area (Å²) < 4.78 is 10.4. The highest BCUT2D eigenvalue weighted by atomic mass is 16.5. The van der Waals surface area contributed by atoms with Gasteiger partial charge in [-0.05, 0) is 19.1 Å². The Balaban J connectivity index is 2.47. The summed E-state index contributed by atoms with van der Waals surface area (Å²) in [5.41, 5.74) is 2.55. The molecule has 1 aromatic heterocycles. The number of para-hydroxylation sites is 1. The zero-order chi connectivity index (χ0) is 15.2. The van der Waals surface area contributed by atoms with Crippen molar-refractivity contribution in [3.8, 4) is 5.75 Å². The number of pyridine rings is 1. The molecule has 0 saturated carbocycles. The van der Waals surface area contributed by atoms with Crippen LogP contribution in [-0.2, 0) is 9.47 Å². The molecular weight excluding hydrogens is 268 g/mol. The lowest BCUT2D eigenvalue weighted by Crippen LogP contribution is -2.31. The Kier molecular flexibility index (Phi) is 5.36. The van der Waals surface area contributed by atoms with Crippen LogP contribution in [0.15, 0.2) is 24.3 Å². The van der Waals surface area contributed by atoms with Crippen molar-refractivity contribution in [1.29, 1.82) is 0 Å². The molecule has 0 aliphatic heterocycles. The van der Waals surface area contributed by atoms with Gasteiger partial charge in [0.25, 0.3) is 0 Å². The molecule has 0 bridgehead atoms. The molecule has 0 radical (unpaired) electrons. The number of aromatic nitrogens is 1. The van der Waals surface area contributed by atoms with Crippen molar-refractivity contribution in [2.45, 2.75) is 6.92 Å². The lowest BCUT2D eigenvalue weighted by Gasteiger charge is -2.26. The molecule has 0 aliphatic rings. The zero-order valence-corrected chi connectivity index (χ0v) is 12.8. The van der Waals surface area contributed by atoms with Crippen molar-refractivity contribution in [2.75, 3.05) is 45.4 Å². The number of hydrogen-bond donors (Lipinski definition) is 1. The van der Waals surface area contributed by atoms with Crippen LogP contribution in [0.1, 0.15) is 5.69 Å². The summed E-state index contributed by atoms with van der Waals surface area (Å²) in [5.74, 6) is 0.205. The number of ether oxygens (including phenoxy) is 2. The third-order valence-corrected chi connectivity index (χ3v) is 3.40. The van der Waals surface area contributed by atoms with E-state index in [2.05, 4.69) is 9.88 Å². The number of benzene rings is 1. The average molecular weight is 290 g/mol. The molecule has 1 aromatic carbocycles. The molecule has 5 heteroatoms. The van der Waals surface area contributed by atoms with E-state index in [0.29, 0.717) is 18.7 Å². The van der Waals surface area contributed by atoms with Crippen LogP contribution < -0.4 is 4.90 Å². The molecule has 0 amide bonds. The quantitative estimate of drug-likeness (QED) is 0.848. The molecule has 0 aliphatic carbocycles. The highest BCUT2D eigenvalue weighted by molar-refractivity contribution is 5.95. The van der Waals surface area contributed by atoms with Crippen molar-refractivity contribution in [3.05, 3.63) is 30.0 Å². The number of hydrogen-bond acceptors (Lipinski definition) is 5. The van der Waals surface area contributed by atoms with Gasteiger partial charge in [0.1, 0.15) is 11.3 Å². The van der Waals surface area contributed by atoms with Crippen LogP contribution in [0.25, 0.3) is 10.9 Å². The molecule has 2 aromatic rings. The van der Waals surface area contributed by atoms with Crippen molar-refractivity contribution in [2.24, 2.45) is 0 Å². The van der Waals surface area contributed by atoms with Gasteiger partial charge in [0.05, 0.1) is 13.2 Å². The van der Waals surface area contributed by atoms with E-state index in [1.54, 1.807) is 20.3 Å². The summed E-state index contributed by atoms with van der Waals surface area (Å²) in [6.45, 7) is 4.71. The second-order valence-corrected chi connectivity index (χ2v) is 4.93. The topological polar surface area (TPSA) is 54.8 Å². The Morgan fingerprint density at radius 3 is 2.43 bits per heavy atom. The van der Waals surface area contributed by atoms with E-state index in [-0.39, 0.29) is 5.75 Å². The van der Waals surface area contributed by atoms with Crippen LogP contribution in [0.5, 0.6) is 5.75 Å². The van der Waals surface area contributed by atoms with Gasteiger partial charge in [-0.1, -0.05) is 12.1 Å². The highest BCUT2D eigenvalue weighted by Crippen LogP contribution is 2.31. The van der Waals surface area contributed by atoms with E-state index < -0.39 is 0 Å². The van der Waals surface area contributed by atoms with Crippen LogP contribution >= 0.6 is 0 Å². The van der Waals surface area contributed by atoms with E-state index in [4.69, 9.17) is 9.47 Å². The summed E-state index contributed by atoms with van der Waals surface area (Å²) in [6, 6.07) is 7.51. The van der Waals surface area contributed by atoms with Crippen molar-refractivity contribution in [3.63, 3.8) is 0 Å². The SMILES string of the molecule is COCCN(CCOC)c1cc(C)nc2c(O)cccc12. The van der Waals surface area contributed by atoms with Crippen LogP contribution in [0.2, 0.25) is 0 Å². The number of phenols is 1. The fourth-order valence-corrected chi connectivity index (χ4v) is 2.36. The van der Waals surface area contributed by atoms with Crippen molar-refractivity contribution >= 4 is 16.6 Å². The molecule has 1 heterocycles. The van der Waals surface area contributed by atoms with E-state index in [0.717, 1.165) is 29.9 Å². The Bertz CT molecular complexity index is 593. The maximum atomic E-state index is 10.0. The Hall–Kier alpha value is -1.85. The molecular formula is C16H22N2O3. The number of aryl methyl sites for hydroxylation is 1. The first-order chi connectivity index (χ1) is 10.2. The van der Waals surface area contributed by atoms with Gasteiger partial charge in [-0.3, -0.25) is 0 Å². The molecule has 1 N–H and O–H groups in total. The fourth-order valence-electron chi connectivity index (χ4n) is 2.36. The monoisotopic (exact) mass is 290 g/mol. The predicted molar refractivity (Wildman–Crippen MR) is 84.1 cm³/mol. The molecule has 21 heavy (non-hydrogen) atoms. The summed E-state index contributed by atoms with van der Waals surface area (Å²) in [5, 5.41) is 11.0. The third-order valence-electron chi connectivity index (χ3n) is 3.40. The minimum Gasteiger partial charge on any atom is -0.506 e. The minimum absolute atomic E-state index is 0.205. The molecule has 114 valence electrons. The number of nitrogens with zero attached hydrogens (tertiary/aromatic N) is 2. The summed E-state index contributed by atoms with van der Waals surface area (Å²) in [6.07, 6.45) is 0. The molecule has 2 rings (SSSR count). The van der Waals surface area contributed by atoms with E-state index >= 15 is 0 Å². The van der Waals surface area contributed by atoms with Gasteiger partial charge in [0.15, 0.2) is 0 Å². The van der Waals surface area contributed by atoms with Gasteiger partial charge >= 0.3 is 0 Å². The number of aromatic hydroxyl groups is 1. The van der Waals surface area contributed by atoms with Crippen LogP contribution in [0, 0.1) is 6.92 Å². The van der Waals surface area contributed by atoms with Crippen molar-refractivity contribution in [1.82, 2.24) is 4.98 Å². The largest absolute Gasteiger partial charge is 0.506 e. The standard InChI is InChI=1S/C16H22N2O3/c1-12-11-14(18(7-9-20-2)8-10-21-3)13-5-4-6-15(19)16(13)17-12/h4-6,11,19H,7-10H2,1-3H3. The first-order valence-electron chi connectivity index (χ1n) is 6.99. The van der Waals surface area contributed by atoms with Gasteiger partial charge in [0.2, 0.25) is 0 Å². The summed E-state index contributed by atoms with van der Waals surface area (Å²) in [7, 11) is 3.38. The van der Waals surface area contributed by atoms with Gasteiger partial charge in [-0.25, -0.2) is 4.98 Å². The van der Waals surface area contributed by atoms with Gasteiger partial charge < -0.3 is 19.5 Å². The number of phenolic OH excluding ortho intramolecular Hbond substituents is 1. The van der Waals surface area contributed by atoms with Gasteiger partial charge in [0, 0.05) is 44.1 Å². The Labute approximate surface area is 125 Å². The van der Waals surface area contributed by atoms with Crippen LogP contribution in [-0.4, -0.2) is 50.6 Å². The normalized spacial score (nSPS) is 11.0. The molecule has 0 fully saturated rings. The lowest BCUT2D eigenvalue weighted by atomic mass is 10.1. The molecule has 0 saturated heterocycles. The number of methoxy groups -OCH3 is 2. The number of anilines is 1. The fraction of sp³-hybridized carbons (Fsp3) is 0.438. The average Bonchev–Trinajstić information content (AvgIpc) is 2.48. The number of fused-ring (bicyclic) bond motifs is 1. The first-order valence-corrected chi connectivity index (χ1v) is 6.99. The second kappa shape index (κ2) is 7.24. The van der Waals surface area contributed by atoms with E-state index in [1.807, 2.05) is 25.1 Å². The number of rotatable bonds is 7. The molecule has 0 atom stereocenters. The first kappa shape index (κ1) is 15.5. The summed E-state index contributed by atoms with van der Waals surface area (Å²) >= 11 is 0. The third kappa shape index (κ3) is 3.62. The molecule has 5 nitrogen and oxygen atoms in total. The van der Waals surface area contributed by atoms with Gasteiger partial charge in [-0.15, -0.1) is 0 Å². The lowest BCUT2D eigenvalue weighted by molar-refractivity contribution is 0.190. The highest BCUT2D eigenvalue weighted by Gasteiger charge is 2.13. The zero-order valence-electron chi connectivity index (χ0n) is 12.8. The Morgan fingerprint density at radius 1 is 1.14 bits per heavy atom. The maximum absolute atomic E-state index is 10.0. The predicted octanol–water partition coefficient (Wildman–Crippen LogP) is 2.35. The van der Waals surface area contributed by atoms with Crippen molar-refractivity contribution < 1.29 is 14.6 Å². The van der Waals surface area contributed by atoms with Crippen LogP contribution in [0.4, 0.5) is 5.69 Å². The van der Waals surface area contributed by atoms with Crippen LogP contribution in [0.3, 0.4) is 0 Å². The summed E-state index contributed by atoms with van der Waals surface area (Å²) in [4.78, 5) is 6.64. The van der Waals surface area contributed by atoms with E-state index in [1.165, 1.54) is 0 Å². The van der Waals surface area contributed by atoms with Gasteiger partial charge in [-0.2, -0.15) is 0 Å². The smallest absolute Gasteiger partial charge is 0.141 e.